The summed E-state index contributed by atoms with van der Waals surface area (Å²) in [6, 6.07) is 3.79. The minimum atomic E-state index is -0.623. The van der Waals surface area contributed by atoms with Crippen LogP contribution >= 0.6 is 11.6 Å². The van der Waals surface area contributed by atoms with Gasteiger partial charge in [-0.3, -0.25) is 4.98 Å². The molecule has 0 aromatic carbocycles. The smallest absolute Gasteiger partial charge is 0.0755 e. The van der Waals surface area contributed by atoms with E-state index in [0.29, 0.717) is 5.02 Å². The van der Waals surface area contributed by atoms with Crippen molar-refractivity contribution in [1.82, 2.24) is 9.88 Å². The fraction of sp³-hybridized carbons (Fsp3) is 0.643. The lowest BCUT2D eigenvalue weighted by Crippen LogP contribution is -2.46. The van der Waals surface area contributed by atoms with Crippen LogP contribution in [0, 0.1) is 0 Å². The Balaban J connectivity index is 2.20. The van der Waals surface area contributed by atoms with Crippen LogP contribution in [0.2, 0.25) is 5.02 Å². The van der Waals surface area contributed by atoms with E-state index in [1.807, 2.05) is 12.1 Å². The molecular formula is C14H21ClN2O. The number of pyridine rings is 1. The molecule has 18 heavy (non-hydrogen) atoms. The van der Waals surface area contributed by atoms with Crippen molar-refractivity contribution >= 4 is 11.6 Å². The SMILES string of the molecule is CCC(c1ccc(Cl)cn1)C1(O)CCN(C)CC1. The molecule has 0 saturated carbocycles. The average molecular weight is 269 g/mol. The van der Waals surface area contributed by atoms with Crippen LogP contribution < -0.4 is 0 Å². The van der Waals surface area contributed by atoms with Crippen LogP contribution in [0.5, 0.6) is 0 Å². The lowest BCUT2D eigenvalue weighted by molar-refractivity contribution is -0.0403. The summed E-state index contributed by atoms with van der Waals surface area (Å²) < 4.78 is 0. The normalized spacial score (nSPS) is 21.8. The summed E-state index contributed by atoms with van der Waals surface area (Å²) in [5.74, 6) is 0.100. The predicted octanol–water partition coefficient (Wildman–Crippen LogP) is 2.69. The number of piperidine rings is 1. The molecule has 0 spiro atoms. The highest BCUT2D eigenvalue weighted by Gasteiger charge is 2.39. The number of hydrogen-bond donors (Lipinski definition) is 1. The van der Waals surface area contributed by atoms with Gasteiger partial charge in [0.15, 0.2) is 0 Å². The van der Waals surface area contributed by atoms with Gasteiger partial charge in [0.2, 0.25) is 0 Å². The first-order valence-corrected chi connectivity index (χ1v) is 6.95. The highest BCUT2D eigenvalue weighted by atomic mass is 35.5. The quantitative estimate of drug-likeness (QED) is 0.916. The van der Waals surface area contributed by atoms with Crippen LogP contribution in [0.15, 0.2) is 18.3 Å². The van der Waals surface area contributed by atoms with E-state index in [0.717, 1.165) is 38.0 Å². The summed E-state index contributed by atoms with van der Waals surface area (Å²) in [5.41, 5.74) is 0.330. The van der Waals surface area contributed by atoms with Crippen molar-refractivity contribution in [1.29, 1.82) is 0 Å². The van der Waals surface area contributed by atoms with Gasteiger partial charge in [-0.15, -0.1) is 0 Å². The lowest BCUT2D eigenvalue weighted by atomic mass is 9.76. The van der Waals surface area contributed by atoms with E-state index in [2.05, 4.69) is 23.9 Å². The summed E-state index contributed by atoms with van der Waals surface area (Å²) in [6.45, 7) is 4.00. The van der Waals surface area contributed by atoms with Gasteiger partial charge in [0.25, 0.3) is 0 Å². The molecule has 1 aliphatic rings. The van der Waals surface area contributed by atoms with Crippen LogP contribution in [0.1, 0.15) is 37.8 Å². The van der Waals surface area contributed by atoms with Crippen molar-refractivity contribution in [3.63, 3.8) is 0 Å². The van der Waals surface area contributed by atoms with Gasteiger partial charge in [0, 0.05) is 30.9 Å². The molecule has 1 aromatic heterocycles. The highest BCUT2D eigenvalue weighted by molar-refractivity contribution is 6.30. The topological polar surface area (TPSA) is 36.4 Å². The Morgan fingerprint density at radius 1 is 1.44 bits per heavy atom. The number of aliphatic hydroxyl groups is 1. The van der Waals surface area contributed by atoms with Gasteiger partial charge in [0.05, 0.1) is 10.6 Å². The molecule has 0 amide bonds. The first-order chi connectivity index (χ1) is 8.55. The van der Waals surface area contributed by atoms with Gasteiger partial charge in [-0.1, -0.05) is 18.5 Å². The Morgan fingerprint density at radius 3 is 2.61 bits per heavy atom. The van der Waals surface area contributed by atoms with Crippen molar-refractivity contribution < 1.29 is 5.11 Å². The number of nitrogens with zero attached hydrogens (tertiary/aromatic N) is 2. The molecule has 0 aliphatic carbocycles. The van der Waals surface area contributed by atoms with Crippen LogP contribution in [0.4, 0.5) is 0 Å². The van der Waals surface area contributed by atoms with Crippen LogP contribution in [0.25, 0.3) is 0 Å². The zero-order chi connectivity index (χ0) is 13.2. The highest BCUT2D eigenvalue weighted by Crippen LogP contribution is 2.38. The minimum Gasteiger partial charge on any atom is -0.389 e. The molecule has 100 valence electrons. The third kappa shape index (κ3) is 2.85. The molecule has 0 radical (unpaired) electrons. The first kappa shape index (κ1) is 13.8. The minimum absolute atomic E-state index is 0.100. The van der Waals surface area contributed by atoms with Crippen molar-refractivity contribution in [2.24, 2.45) is 0 Å². The molecular weight excluding hydrogens is 248 g/mol. The van der Waals surface area contributed by atoms with Crippen molar-refractivity contribution in [2.75, 3.05) is 20.1 Å². The number of hydrogen-bond acceptors (Lipinski definition) is 3. The molecule has 1 unspecified atom stereocenters. The largest absolute Gasteiger partial charge is 0.389 e. The number of rotatable bonds is 3. The maximum atomic E-state index is 10.9. The molecule has 2 rings (SSSR count). The fourth-order valence-electron chi connectivity index (χ4n) is 2.81. The number of likely N-dealkylation sites (tertiary alicyclic amines) is 1. The summed E-state index contributed by atoms with van der Waals surface area (Å²) >= 11 is 5.87. The Labute approximate surface area is 114 Å². The van der Waals surface area contributed by atoms with E-state index in [4.69, 9.17) is 11.6 Å². The van der Waals surface area contributed by atoms with E-state index in [-0.39, 0.29) is 5.92 Å². The molecule has 0 bridgehead atoms. The molecule has 1 N–H and O–H groups in total. The van der Waals surface area contributed by atoms with Gasteiger partial charge < -0.3 is 10.0 Å². The summed E-state index contributed by atoms with van der Waals surface area (Å²) in [6.07, 6.45) is 4.19. The third-order valence-corrected chi connectivity index (χ3v) is 4.24. The zero-order valence-corrected chi connectivity index (χ0v) is 11.8. The van der Waals surface area contributed by atoms with Crippen molar-refractivity contribution in [3.8, 4) is 0 Å². The Bertz CT molecular complexity index is 385. The van der Waals surface area contributed by atoms with Crippen LogP contribution in [-0.2, 0) is 0 Å². The van der Waals surface area contributed by atoms with E-state index in [1.54, 1.807) is 6.20 Å². The molecule has 4 heteroatoms. The lowest BCUT2D eigenvalue weighted by Gasteiger charge is -2.41. The molecule has 3 nitrogen and oxygen atoms in total. The molecule has 1 atom stereocenters. The number of aromatic nitrogens is 1. The fourth-order valence-corrected chi connectivity index (χ4v) is 2.92. The second-order valence-electron chi connectivity index (χ2n) is 5.27. The van der Waals surface area contributed by atoms with Crippen LogP contribution in [-0.4, -0.2) is 40.7 Å². The standard InChI is InChI=1S/C14H21ClN2O/c1-3-12(13-5-4-11(15)10-16-13)14(18)6-8-17(2)9-7-14/h4-5,10,12,18H,3,6-9H2,1-2H3. The van der Waals surface area contributed by atoms with E-state index in [9.17, 15) is 5.11 Å². The van der Waals surface area contributed by atoms with E-state index in [1.165, 1.54) is 0 Å². The van der Waals surface area contributed by atoms with Gasteiger partial charge in [-0.05, 0) is 38.4 Å². The van der Waals surface area contributed by atoms with Gasteiger partial charge in [0.1, 0.15) is 0 Å². The van der Waals surface area contributed by atoms with Crippen LogP contribution in [0.3, 0.4) is 0 Å². The average Bonchev–Trinajstić information content (AvgIpc) is 2.36. The summed E-state index contributed by atoms with van der Waals surface area (Å²) in [4.78, 5) is 6.64. The predicted molar refractivity (Wildman–Crippen MR) is 74.0 cm³/mol. The summed E-state index contributed by atoms with van der Waals surface area (Å²) in [5, 5.41) is 11.5. The third-order valence-electron chi connectivity index (χ3n) is 4.02. The maximum absolute atomic E-state index is 10.9. The second kappa shape index (κ2) is 5.55. The number of halogens is 1. The molecule has 1 fully saturated rings. The van der Waals surface area contributed by atoms with Gasteiger partial charge >= 0.3 is 0 Å². The van der Waals surface area contributed by atoms with Crippen molar-refractivity contribution in [3.05, 3.63) is 29.0 Å². The second-order valence-corrected chi connectivity index (χ2v) is 5.71. The Hall–Kier alpha value is -0.640. The monoisotopic (exact) mass is 268 g/mol. The Kier molecular flexibility index (Phi) is 4.25. The van der Waals surface area contributed by atoms with Gasteiger partial charge in [-0.2, -0.15) is 0 Å². The zero-order valence-electron chi connectivity index (χ0n) is 11.1. The summed E-state index contributed by atoms with van der Waals surface area (Å²) in [7, 11) is 2.10. The van der Waals surface area contributed by atoms with E-state index >= 15 is 0 Å². The maximum Gasteiger partial charge on any atom is 0.0755 e. The first-order valence-electron chi connectivity index (χ1n) is 6.57. The molecule has 2 heterocycles. The van der Waals surface area contributed by atoms with E-state index < -0.39 is 5.60 Å². The molecule has 1 aromatic rings. The molecule has 1 saturated heterocycles. The van der Waals surface area contributed by atoms with Gasteiger partial charge in [-0.25, -0.2) is 0 Å². The Morgan fingerprint density at radius 2 is 2.11 bits per heavy atom. The molecule has 1 aliphatic heterocycles. The van der Waals surface area contributed by atoms with Crippen molar-refractivity contribution in [2.45, 2.75) is 37.7 Å².